The van der Waals surface area contributed by atoms with Gasteiger partial charge in [-0.3, -0.25) is 0 Å². The van der Waals surface area contributed by atoms with Gasteiger partial charge in [0, 0.05) is 6.54 Å². The smallest absolute Gasteiger partial charge is 0.0595 e. The normalized spacial score (nSPS) is 9.00. The van der Waals surface area contributed by atoms with E-state index in [1.54, 1.807) is 12.1 Å². The molecule has 0 fully saturated rings. The van der Waals surface area contributed by atoms with Crippen molar-refractivity contribution in [1.29, 1.82) is 0 Å². The van der Waals surface area contributed by atoms with Crippen LogP contribution in [-0.4, -0.2) is 0 Å². The van der Waals surface area contributed by atoms with E-state index in [9.17, 15) is 0 Å². The van der Waals surface area contributed by atoms with Crippen molar-refractivity contribution in [2.45, 2.75) is 6.54 Å². The minimum atomic E-state index is 0. The molecular weight excluding hydrogens is 183 g/mol. The van der Waals surface area contributed by atoms with E-state index in [4.69, 9.17) is 28.9 Å². The van der Waals surface area contributed by atoms with Crippen LogP contribution in [0.5, 0.6) is 0 Å². The van der Waals surface area contributed by atoms with Crippen LogP contribution in [0.15, 0.2) is 18.2 Å². The van der Waals surface area contributed by atoms with E-state index in [0.717, 1.165) is 5.56 Å². The fourth-order valence-electron chi connectivity index (χ4n) is 0.667. The predicted octanol–water partition coefficient (Wildman–Crippen LogP) is 2.61. The van der Waals surface area contributed by atoms with Crippen LogP contribution in [-0.2, 0) is 6.54 Å². The molecule has 0 unspecified atom stereocenters. The molecule has 4 heteroatoms. The molecule has 11 heavy (non-hydrogen) atoms. The van der Waals surface area contributed by atoms with E-state index in [1.165, 1.54) is 0 Å². The van der Waals surface area contributed by atoms with Gasteiger partial charge in [0.2, 0.25) is 0 Å². The van der Waals surface area contributed by atoms with Crippen molar-refractivity contribution >= 4 is 23.2 Å². The van der Waals surface area contributed by atoms with Gasteiger partial charge in [0.15, 0.2) is 0 Å². The summed E-state index contributed by atoms with van der Waals surface area (Å²) in [5.41, 5.74) is 6.36. The Bertz CT molecular complexity index is 238. The molecule has 0 aliphatic heterocycles. The molecule has 0 aliphatic carbocycles. The fourth-order valence-corrected chi connectivity index (χ4v) is 0.987. The van der Waals surface area contributed by atoms with Crippen molar-refractivity contribution in [1.82, 2.24) is 6.15 Å². The Labute approximate surface area is 75.9 Å². The number of nitrogens with two attached hydrogens (primary N) is 1. The molecule has 0 atom stereocenters. The van der Waals surface area contributed by atoms with E-state index < -0.39 is 0 Å². The van der Waals surface area contributed by atoms with Crippen LogP contribution < -0.4 is 11.9 Å². The summed E-state index contributed by atoms with van der Waals surface area (Å²) in [7, 11) is 0. The van der Waals surface area contributed by atoms with Gasteiger partial charge in [-0.2, -0.15) is 0 Å². The standard InChI is InChI=1S/C7H7Cl2N.H3N/c8-6-2-1-5(4-10)3-7(6)9;/h1-3H,4,10H2;1H3. The summed E-state index contributed by atoms with van der Waals surface area (Å²) >= 11 is 11.4. The van der Waals surface area contributed by atoms with Crippen molar-refractivity contribution in [2.75, 3.05) is 0 Å². The molecule has 1 aromatic rings. The first-order chi connectivity index (χ1) is 4.74. The average Bonchev–Trinajstić information content (AvgIpc) is 1.95. The molecule has 0 aromatic heterocycles. The predicted molar refractivity (Wildman–Crippen MR) is 49.4 cm³/mol. The maximum atomic E-state index is 5.71. The highest BCUT2D eigenvalue weighted by molar-refractivity contribution is 6.41. The molecule has 1 aromatic carbocycles. The second-order valence-electron chi connectivity index (χ2n) is 1.95. The van der Waals surface area contributed by atoms with Crippen LogP contribution in [0.4, 0.5) is 0 Å². The monoisotopic (exact) mass is 192 g/mol. The maximum absolute atomic E-state index is 5.71. The molecule has 0 radical (unpaired) electrons. The largest absolute Gasteiger partial charge is 0.344 e. The van der Waals surface area contributed by atoms with Crippen molar-refractivity contribution in [2.24, 2.45) is 5.73 Å². The van der Waals surface area contributed by atoms with Crippen LogP contribution in [0, 0.1) is 0 Å². The first-order valence-electron chi connectivity index (χ1n) is 2.88. The first-order valence-corrected chi connectivity index (χ1v) is 3.63. The van der Waals surface area contributed by atoms with E-state index in [-0.39, 0.29) is 6.15 Å². The van der Waals surface area contributed by atoms with Crippen molar-refractivity contribution < 1.29 is 0 Å². The summed E-state index contributed by atoms with van der Waals surface area (Å²) in [6.45, 7) is 0.497. The quantitative estimate of drug-likeness (QED) is 0.719. The molecule has 0 saturated carbocycles. The molecule has 0 aliphatic rings. The van der Waals surface area contributed by atoms with Gasteiger partial charge in [0.1, 0.15) is 0 Å². The van der Waals surface area contributed by atoms with Gasteiger partial charge >= 0.3 is 0 Å². The SMILES string of the molecule is N.NCc1ccc(Cl)c(Cl)c1. The van der Waals surface area contributed by atoms with Gasteiger partial charge in [-0.25, -0.2) is 0 Å². The Morgan fingerprint density at radius 3 is 2.27 bits per heavy atom. The number of rotatable bonds is 1. The highest BCUT2D eigenvalue weighted by Gasteiger charge is 1.96. The summed E-state index contributed by atoms with van der Waals surface area (Å²) in [6.07, 6.45) is 0. The molecule has 1 rings (SSSR count). The Morgan fingerprint density at radius 1 is 1.18 bits per heavy atom. The van der Waals surface area contributed by atoms with Crippen molar-refractivity contribution in [3.8, 4) is 0 Å². The van der Waals surface area contributed by atoms with Crippen LogP contribution in [0.3, 0.4) is 0 Å². The minimum absolute atomic E-state index is 0. The fraction of sp³-hybridized carbons (Fsp3) is 0.143. The van der Waals surface area contributed by atoms with Crippen LogP contribution in [0.25, 0.3) is 0 Å². The summed E-state index contributed by atoms with van der Waals surface area (Å²) in [5.74, 6) is 0. The van der Waals surface area contributed by atoms with Crippen molar-refractivity contribution in [3.05, 3.63) is 33.8 Å². The highest BCUT2D eigenvalue weighted by atomic mass is 35.5. The van der Waals surface area contributed by atoms with Crippen LogP contribution in [0.2, 0.25) is 10.0 Å². The van der Waals surface area contributed by atoms with Gasteiger partial charge < -0.3 is 11.9 Å². The van der Waals surface area contributed by atoms with E-state index in [1.807, 2.05) is 6.07 Å². The lowest BCUT2D eigenvalue weighted by atomic mass is 10.2. The summed E-state index contributed by atoms with van der Waals surface area (Å²) in [4.78, 5) is 0. The zero-order valence-electron chi connectivity index (χ0n) is 5.98. The number of benzene rings is 1. The number of halogens is 2. The van der Waals surface area contributed by atoms with Gasteiger partial charge in [0.25, 0.3) is 0 Å². The Hall–Kier alpha value is -0.280. The van der Waals surface area contributed by atoms with E-state index in [0.29, 0.717) is 16.6 Å². The first kappa shape index (κ1) is 10.7. The average molecular weight is 193 g/mol. The molecular formula is C7H10Cl2N2. The van der Waals surface area contributed by atoms with Crippen molar-refractivity contribution in [3.63, 3.8) is 0 Å². The molecule has 0 bridgehead atoms. The molecule has 0 saturated heterocycles. The third-order valence-electron chi connectivity index (χ3n) is 1.22. The van der Waals surface area contributed by atoms with E-state index >= 15 is 0 Å². The lowest BCUT2D eigenvalue weighted by Gasteiger charge is -1.97. The van der Waals surface area contributed by atoms with Gasteiger partial charge in [-0.15, -0.1) is 0 Å². The lowest BCUT2D eigenvalue weighted by Crippen LogP contribution is -1.95. The summed E-state index contributed by atoms with van der Waals surface area (Å²) < 4.78 is 0. The summed E-state index contributed by atoms with van der Waals surface area (Å²) in [5, 5.41) is 1.13. The molecule has 0 amide bonds. The number of hydrogen-bond donors (Lipinski definition) is 2. The van der Waals surface area contributed by atoms with Crippen LogP contribution in [0.1, 0.15) is 5.56 Å². The number of hydrogen-bond acceptors (Lipinski definition) is 2. The Balaban J connectivity index is 0.000001000. The topological polar surface area (TPSA) is 61.0 Å². The highest BCUT2D eigenvalue weighted by Crippen LogP contribution is 2.21. The van der Waals surface area contributed by atoms with Gasteiger partial charge in [-0.05, 0) is 17.7 Å². The zero-order chi connectivity index (χ0) is 7.56. The second-order valence-corrected chi connectivity index (χ2v) is 2.77. The Kier molecular flexibility index (Phi) is 4.45. The van der Waals surface area contributed by atoms with E-state index in [2.05, 4.69) is 0 Å². The summed E-state index contributed by atoms with van der Waals surface area (Å²) in [6, 6.07) is 5.37. The van der Waals surface area contributed by atoms with Gasteiger partial charge in [-0.1, -0.05) is 29.3 Å². The van der Waals surface area contributed by atoms with Crippen LogP contribution >= 0.6 is 23.2 Å². The minimum Gasteiger partial charge on any atom is -0.344 e. The lowest BCUT2D eigenvalue weighted by molar-refractivity contribution is 1.07. The molecule has 0 spiro atoms. The Morgan fingerprint density at radius 2 is 1.82 bits per heavy atom. The molecule has 0 heterocycles. The third-order valence-corrected chi connectivity index (χ3v) is 1.96. The third kappa shape index (κ3) is 2.67. The molecule has 62 valence electrons. The van der Waals surface area contributed by atoms with Gasteiger partial charge in [0.05, 0.1) is 10.0 Å². The second kappa shape index (κ2) is 4.57. The zero-order valence-corrected chi connectivity index (χ0v) is 7.49. The molecule has 5 N–H and O–H groups in total. The maximum Gasteiger partial charge on any atom is 0.0595 e. The molecule has 2 nitrogen and oxygen atoms in total.